The highest BCUT2D eigenvalue weighted by molar-refractivity contribution is 7.92. The van der Waals surface area contributed by atoms with E-state index in [1.165, 1.54) is 18.2 Å². The van der Waals surface area contributed by atoms with Crippen LogP contribution < -0.4 is 10.0 Å². The second kappa shape index (κ2) is 10.8. The monoisotopic (exact) mass is 478 g/mol. The molecule has 0 bridgehead atoms. The highest BCUT2D eigenvalue weighted by atomic mass is 32.2. The van der Waals surface area contributed by atoms with Crippen molar-refractivity contribution >= 4 is 39.4 Å². The number of rotatable bonds is 8. The standard InChI is InChI=1S/C26H26N2O5S/c1-4-33-25(29)16-12-20-10-13-21(14-11-20)27-26(30)23-17-22(15-9-18(23)2)34(31,32)28-24-8-6-5-7-19(24)3/h5-17,28H,4H2,1-3H3,(H,27,30)/b16-12+. The SMILES string of the molecule is CCOC(=O)/C=C/c1ccc(NC(=O)c2cc(S(=O)(=O)Nc3ccccc3C)ccc2C)cc1. The lowest BCUT2D eigenvalue weighted by atomic mass is 10.1. The largest absolute Gasteiger partial charge is 0.463 e. The van der Waals surface area contributed by atoms with E-state index in [0.29, 0.717) is 23.5 Å². The molecule has 2 N–H and O–H groups in total. The molecular weight excluding hydrogens is 452 g/mol. The molecule has 8 heteroatoms. The molecule has 0 aliphatic heterocycles. The lowest BCUT2D eigenvalue weighted by Gasteiger charge is -2.13. The molecule has 3 rings (SSSR count). The summed E-state index contributed by atoms with van der Waals surface area (Å²) in [7, 11) is -3.88. The Kier molecular flexibility index (Phi) is 7.86. The second-order valence-electron chi connectivity index (χ2n) is 7.56. The molecule has 7 nitrogen and oxygen atoms in total. The minimum Gasteiger partial charge on any atom is -0.463 e. The number of anilines is 2. The van der Waals surface area contributed by atoms with Gasteiger partial charge in [-0.1, -0.05) is 36.4 Å². The Balaban J connectivity index is 1.76. The summed E-state index contributed by atoms with van der Waals surface area (Å²) in [5.74, 6) is -0.859. The molecular formula is C26H26N2O5S. The third-order valence-corrected chi connectivity index (χ3v) is 6.38. The van der Waals surface area contributed by atoms with Gasteiger partial charge >= 0.3 is 5.97 Å². The molecule has 34 heavy (non-hydrogen) atoms. The number of amides is 1. The van der Waals surface area contributed by atoms with E-state index in [1.54, 1.807) is 62.4 Å². The van der Waals surface area contributed by atoms with E-state index in [4.69, 9.17) is 4.74 Å². The topological polar surface area (TPSA) is 102 Å². The van der Waals surface area contributed by atoms with Crippen LogP contribution in [0.3, 0.4) is 0 Å². The molecule has 0 aliphatic rings. The van der Waals surface area contributed by atoms with Crippen LogP contribution in [0.4, 0.5) is 11.4 Å². The Hall–Kier alpha value is -3.91. The second-order valence-corrected chi connectivity index (χ2v) is 9.24. The smallest absolute Gasteiger partial charge is 0.330 e. The van der Waals surface area contributed by atoms with Crippen molar-refractivity contribution in [2.45, 2.75) is 25.7 Å². The Morgan fingerprint density at radius 1 is 0.941 bits per heavy atom. The van der Waals surface area contributed by atoms with Crippen molar-refractivity contribution < 1.29 is 22.7 Å². The summed E-state index contributed by atoms with van der Waals surface area (Å²) >= 11 is 0. The number of carbonyl (C=O) groups is 2. The highest BCUT2D eigenvalue weighted by Gasteiger charge is 2.19. The summed E-state index contributed by atoms with van der Waals surface area (Å²) in [6.07, 6.45) is 2.95. The van der Waals surface area contributed by atoms with E-state index in [0.717, 1.165) is 11.1 Å². The van der Waals surface area contributed by atoms with Crippen LogP contribution in [0.1, 0.15) is 34.0 Å². The van der Waals surface area contributed by atoms with E-state index in [1.807, 2.05) is 19.1 Å². The number of carbonyl (C=O) groups excluding carboxylic acids is 2. The van der Waals surface area contributed by atoms with Crippen LogP contribution in [0.2, 0.25) is 0 Å². The van der Waals surface area contributed by atoms with Crippen LogP contribution >= 0.6 is 0 Å². The summed E-state index contributed by atoms with van der Waals surface area (Å²) in [4.78, 5) is 24.3. The highest BCUT2D eigenvalue weighted by Crippen LogP contribution is 2.22. The Labute approximate surface area is 199 Å². The van der Waals surface area contributed by atoms with E-state index in [2.05, 4.69) is 10.0 Å². The fourth-order valence-corrected chi connectivity index (χ4v) is 4.29. The molecule has 0 aliphatic carbocycles. The van der Waals surface area contributed by atoms with E-state index in [9.17, 15) is 18.0 Å². The van der Waals surface area contributed by atoms with E-state index >= 15 is 0 Å². The number of esters is 1. The van der Waals surface area contributed by atoms with Crippen LogP contribution in [0.15, 0.2) is 77.7 Å². The lowest BCUT2D eigenvalue weighted by molar-refractivity contribution is -0.137. The van der Waals surface area contributed by atoms with Gasteiger partial charge in [-0.05, 0) is 73.9 Å². The average Bonchev–Trinajstić information content (AvgIpc) is 2.80. The summed E-state index contributed by atoms with van der Waals surface area (Å²) in [6.45, 7) is 5.59. The molecule has 3 aromatic rings. The van der Waals surface area contributed by atoms with Crippen LogP contribution in [0.25, 0.3) is 6.08 Å². The van der Waals surface area contributed by atoms with Crippen LogP contribution in [-0.4, -0.2) is 26.9 Å². The van der Waals surface area contributed by atoms with Gasteiger partial charge in [0.1, 0.15) is 0 Å². The number of hydrogen-bond donors (Lipinski definition) is 2. The van der Waals surface area contributed by atoms with Gasteiger partial charge in [0.25, 0.3) is 15.9 Å². The molecule has 0 unspecified atom stereocenters. The predicted molar refractivity (Wildman–Crippen MR) is 133 cm³/mol. The number of aryl methyl sites for hydroxylation is 2. The maximum absolute atomic E-state index is 12.9. The summed E-state index contributed by atoms with van der Waals surface area (Å²) in [6, 6.07) is 18.4. The molecule has 0 spiro atoms. The van der Waals surface area contributed by atoms with Crippen LogP contribution in [0, 0.1) is 13.8 Å². The number of para-hydroxylation sites is 1. The van der Waals surface area contributed by atoms with Gasteiger partial charge in [-0.15, -0.1) is 0 Å². The Bertz CT molecular complexity index is 1330. The van der Waals surface area contributed by atoms with Crippen molar-refractivity contribution in [2.75, 3.05) is 16.6 Å². The van der Waals surface area contributed by atoms with Crippen LogP contribution in [-0.2, 0) is 19.6 Å². The molecule has 0 saturated heterocycles. The Morgan fingerprint density at radius 2 is 1.65 bits per heavy atom. The molecule has 0 fully saturated rings. The first-order valence-corrected chi connectivity index (χ1v) is 12.1. The number of sulfonamides is 1. The first-order chi connectivity index (χ1) is 16.2. The van der Waals surface area contributed by atoms with Gasteiger partial charge < -0.3 is 10.1 Å². The third kappa shape index (κ3) is 6.32. The predicted octanol–water partition coefficient (Wildman–Crippen LogP) is 4.93. The Morgan fingerprint density at radius 3 is 2.32 bits per heavy atom. The molecule has 0 aromatic heterocycles. The third-order valence-electron chi connectivity index (χ3n) is 5.02. The van der Waals surface area contributed by atoms with Crippen molar-refractivity contribution in [3.8, 4) is 0 Å². The van der Waals surface area contributed by atoms with E-state index in [-0.39, 0.29) is 10.5 Å². The minimum absolute atomic E-state index is 0.00838. The van der Waals surface area contributed by atoms with Gasteiger partial charge in [-0.2, -0.15) is 0 Å². The van der Waals surface area contributed by atoms with Crippen molar-refractivity contribution in [1.82, 2.24) is 0 Å². The number of nitrogens with one attached hydrogen (secondary N) is 2. The number of ether oxygens (including phenoxy) is 1. The summed E-state index contributed by atoms with van der Waals surface area (Å²) in [5.41, 5.74) is 3.45. The van der Waals surface area contributed by atoms with Crippen molar-refractivity contribution in [3.63, 3.8) is 0 Å². The first-order valence-electron chi connectivity index (χ1n) is 10.6. The quantitative estimate of drug-likeness (QED) is 0.353. The van der Waals surface area contributed by atoms with Gasteiger partial charge in [-0.25, -0.2) is 13.2 Å². The van der Waals surface area contributed by atoms with E-state index < -0.39 is 21.9 Å². The van der Waals surface area contributed by atoms with Gasteiger partial charge in [0.15, 0.2) is 0 Å². The zero-order valence-electron chi connectivity index (χ0n) is 19.2. The van der Waals surface area contributed by atoms with Crippen molar-refractivity contribution in [1.29, 1.82) is 0 Å². The molecule has 0 heterocycles. The fourth-order valence-electron chi connectivity index (χ4n) is 3.13. The van der Waals surface area contributed by atoms with Gasteiger partial charge in [0.2, 0.25) is 0 Å². The molecule has 176 valence electrons. The first kappa shape index (κ1) is 24.7. The zero-order valence-corrected chi connectivity index (χ0v) is 20.0. The summed E-state index contributed by atoms with van der Waals surface area (Å²) in [5, 5.41) is 2.78. The summed E-state index contributed by atoms with van der Waals surface area (Å²) < 4.78 is 33.2. The maximum Gasteiger partial charge on any atom is 0.330 e. The molecule has 0 saturated carbocycles. The average molecular weight is 479 g/mol. The number of benzene rings is 3. The molecule has 1 amide bonds. The van der Waals surface area contributed by atoms with Gasteiger partial charge in [0.05, 0.1) is 17.2 Å². The lowest BCUT2D eigenvalue weighted by Crippen LogP contribution is -2.17. The molecule has 3 aromatic carbocycles. The van der Waals surface area contributed by atoms with Gasteiger partial charge in [-0.3, -0.25) is 9.52 Å². The minimum atomic E-state index is -3.88. The molecule has 0 radical (unpaired) electrons. The van der Waals surface area contributed by atoms with Crippen LogP contribution in [0.5, 0.6) is 0 Å². The fraction of sp³-hybridized carbons (Fsp3) is 0.154. The van der Waals surface area contributed by atoms with Crippen molar-refractivity contribution in [2.24, 2.45) is 0 Å². The van der Waals surface area contributed by atoms with Crippen molar-refractivity contribution in [3.05, 3.63) is 95.1 Å². The normalized spacial score (nSPS) is 11.3. The number of hydrogen-bond acceptors (Lipinski definition) is 5. The zero-order chi connectivity index (χ0) is 24.7. The maximum atomic E-state index is 12.9. The molecule has 0 atom stereocenters. The van der Waals surface area contributed by atoms with Gasteiger partial charge in [0, 0.05) is 17.3 Å².